The van der Waals surface area contributed by atoms with E-state index in [4.69, 9.17) is 9.15 Å². The van der Waals surface area contributed by atoms with Crippen LogP contribution in [0.25, 0.3) is 5.57 Å². The van der Waals surface area contributed by atoms with Gasteiger partial charge in [-0.15, -0.1) is 23.1 Å². The molecule has 2 aromatic rings. The van der Waals surface area contributed by atoms with Crippen molar-refractivity contribution < 1.29 is 18.7 Å². The Balaban J connectivity index is 1.51. The van der Waals surface area contributed by atoms with Gasteiger partial charge in [-0.1, -0.05) is 6.07 Å². The lowest BCUT2D eigenvalue weighted by Crippen LogP contribution is -2.43. The van der Waals surface area contributed by atoms with Crippen molar-refractivity contribution in [3.8, 4) is 0 Å². The van der Waals surface area contributed by atoms with Gasteiger partial charge in [0.2, 0.25) is 0 Å². The van der Waals surface area contributed by atoms with Crippen LogP contribution in [0.5, 0.6) is 0 Å². The average molecular weight is 405 g/mol. The first kappa shape index (κ1) is 18.5. The van der Waals surface area contributed by atoms with Crippen LogP contribution >= 0.6 is 23.1 Å². The maximum atomic E-state index is 13.0. The second-order valence-corrected chi connectivity index (χ2v) is 8.20. The summed E-state index contributed by atoms with van der Waals surface area (Å²) in [6.45, 7) is 4.14. The van der Waals surface area contributed by atoms with Gasteiger partial charge in [0.1, 0.15) is 5.76 Å². The smallest absolute Gasteiger partial charge is 0.268 e. The van der Waals surface area contributed by atoms with Crippen molar-refractivity contribution in [3.05, 3.63) is 51.5 Å². The van der Waals surface area contributed by atoms with Crippen molar-refractivity contribution in [1.29, 1.82) is 0 Å². The number of rotatable bonds is 7. The van der Waals surface area contributed by atoms with Gasteiger partial charge in [0.25, 0.3) is 11.8 Å². The topological polar surface area (TPSA) is 63.0 Å². The highest BCUT2D eigenvalue weighted by atomic mass is 32.2. The molecule has 142 valence electrons. The largest absolute Gasteiger partial charge is 0.468 e. The van der Waals surface area contributed by atoms with Crippen LogP contribution in [0, 0.1) is 0 Å². The van der Waals surface area contributed by atoms with Crippen LogP contribution in [0.2, 0.25) is 0 Å². The fourth-order valence-electron chi connectivity index (χ4n) is 3.13. The Morgan fingerprint density at radius 1 is 1.07 bits per heavy atom. The molecule has 2 aromatic heterocycles. The van der Waals surface area contributed by atoms with Gasteiger partial charge in [0.05, 0.1) is 35.7 Å². The Labute approximate surface area is 165 Å². The molecule has 0 saturated carbocycles. The molecule has 0 radical (unpaired) electrons. The molecule has 0 aliphatic carbocycles. The van der Waals surface area contributed by atoms with Crippen molar-refractivity contribution >= 4 is 40.5 Å². The van der Waals surface area contributed by atoms with Gasteiger partial charge in [-0.2, -0.15) is 0 Å². The zero-order valence-corrected chi connectivity index (χ0v) is 16.4. The molecular formula is C19H20N2O4S2. The van der Waals surface area contributed by atoms with Crippen molar-refractivity contribution in [2.75, 3.05) is 39.4 Å². The summed E-state index contributed by atoms with van der Waals surface area (Å²) in [5.74, 6) is 0.906. The molecule has 0 spiro atoms. The summed E-state index contributed by atoms with van der Waals surface area (Å²) in [6.07, 6.45) is 1.61. The predicted molar refractivity (Wildman–Crippen MR) is 105 cm³/mol. The maximum Gasteiger partial charge on any atom is 0.268 e. The summed E-state index contributed by atoms with van der Waals surface area (Å²) >= 11 is 2.85. The minimum Gasteiger partial charge on any atom is -0.468 e. The Hall–Kier alpha value is -1.87. The molecule has 0 bridgehead atoms. The summed E-state index contributed by atoms with van der Waals surface area (Å²) < 4.78 is 10.7. The molecule has 2 amide bonds. The van der Waals surface area contributed by atoms with E-state index >= 15 is 0 Å². The van der Waals surface area contributed by atoms with Crippen LogP contribution in [0.3, 0.4) is 0 Å². The van der Waals surface area contributed by atoms with Gasteiger partial charge in [-0.25, -0.2) is 0 Å². The predicted octanol–water partition coefficient (Wildman–Crippen LogP) is 2.69. The van der Waals surface area contributed by atoms with E-state index in [2.05, 4.69) is 4.90 Å². The molecule has 1 saturated heterocycles. The normalized spacial score (nSPS) is 18.7. The molecule has 1 fully saturated rings. The fourth-order valence-corrected chi connectivity index (χ4v) is 4.99. The molecular weight excluding hydrogens is 384 g/mol. The Kier molecular flexibility index (Phi) is 5.77. The molecule has 4 rings (SSSR count). The highest BCUT2D eigenvalue weighted by Crippen LogP contribution is 2.38. The lowest BCUT2D eigenvalue weighted by Gasteiger charge is -2.28. The van der Waals surface area contributed by atoms with Crippen LogP contribution in [0.15, 0.2) is 45.2 Å². The van der Waals surface area contributed by atoms with E-state index in [1.54, 1.807) is 6.26 Å². The standard InChI is InChI=1S/C19H20N2O4S2/c22-18-16(15-4-2-12-26-15)17(27-13-14-3-1-9-25-14)19(23)21(18)6-5-20-7-10-24-11-8-20/h1-4,9,12H,5-8,10-11,13H2. The van der Waals surface area contributed by atoms with Crippen LogP contribution < -0.4 is 0 Å². The molecule has 27 heavy (non-hydrogen) atoms. The van der Waals surface area contributed by atoms with Gasteiger partial charge < -0.3 is 9.15 Å². The molecule has 8 heteroatoms. The summed E-state index contributed by atoms with van der Waals surface area (Å²) in [7, 11) is 0. The van der Waals surface area contributed by atoms with Gasteiger partial charge in [0.15, 0.2) is 0 Å². The van der Waals surface area contributed by atoms with E-state index < -0.39 is 0 Å². The van der Waals surface area contributed by atoms with Gasteiger partial charge in [-0.05, 0) is 23.6 Å². The average Bonchev–Trinajstić information content (AvgIpc) is 3.42. The number of carbonyl (C=O) groups excluding carboxylic acids is 2. The van der Waals surface area contributed by atoms with Crippen molar-refractivity contribution in [1.82, 2.24) is 9.80 Å². The van der Waals surface area contributed by atoms with E-state index in [9.17, 15) is 9.59 Å². The Bertz CT molecular complexity index is 824. The van der Waals surface area contributed by atoms with Crippen LogP contribution in [-0.4, -0.2) is 61.0 Å². The molecule has 4 heterocycles. The number of thiophene rings is 1. The van der Waals surface area contributed by atoms with Crippen LogP contribution in [-0.2, 0) is 20.1 Å². The zero-order valence-electron chi connectivity index (χ0n) is 14.8. The zero-order chi connectivity index (χ0) is 18.6. The summed E-state index contributed by atoms with van der Waals surface area (Å²) in [5, 5.41) is 1.92. The first-order chi connectivity index (χ1) is 13.2. The number of imide groups is 1. The highest BCUT2D eigenvalue weighted by molar-refractivity contribution is 8.03. The van der Waals surface area contributed by atoms with Crippen LogP contribution in [0.4, 0.5) is 0 Å². The lowest BCUT2D eigenvalue weighted by atomic mass is 10.2. The summed E-state index contributed by atoms with van der Waals surface area (Å²) in [4.78, 5) is 31.0. The molecule has 2 aliphatic heterocycles. The first-order valence-corrected chi connectivity index (χ1v) is 10.7. The third-order valence-electron chi connectivity index (χ3n) is 4.58. The second kappa shape index (κ2) is 8.43. The van der Waals surface area contributed by atoms with Gasteiger partial charge in [-0.3, -0.25) is 19.4 Å². The van der Waals surface area contributed by atoms with Gasteiger partial charge in [0, 0.05) is 31.1 Å². The quantitative estimate of drug-likeness (QED) is 0.661. The minimum atomic E-state index is -0.201. The number of amides is 2. The molecule has 0 N–H and O–H groups in total. The van der Waals surface area contributed by atoms with Gasteiger partial charge >= 0.3 is 0 Å². The monoisotopic (exact) mass is 404 g/mol. The van der Waals surface area contributed by atoms with Crippen molar-refractivity contribution in [3.63, 3.8) is 0 Å². The minimum absolute atomic E-state index is 0.197. The van der Waals surface area contributed by atoms with E-state index in [1.807, 2.05) is 29.6 Å². The van der Waals surface area contributed by atoms with E-state index in [-0.39, 0.29) is 11.8 Å². The second-order valence-electron chi connectivity index (χ2n) is 6.27. The number of ether oxygens (including phenoxy) is 1. The van der Waals surface area contributed by atoms with Crippen molar-refractivity contribution in [2.24, 2.45) is 0 Å². The molecule has 0 aromatic carbocycles. The third kappa shape index (κ3) is 4.03. The number of morpholine rings is 1. The van der Waals surface area contributed by atoms with Crippen molar-refractivity contribution in [2.45, 2.75) is 5.75 Å². The molecule has 0 atom stereocenters. The number of nitrogens with zero attached hydrogens (tertiary/aromatic N) is 2. The Morgan fingerprint density at radius 3 is 2.63 bits per heavy atom. The van der Waals surface area contributed by atoms with E-state index in [0.29, 0.717) is 42.5 Å². The molecule has 6 nitrogen and oxygen atoms in total. The summed E-state index contributed by atoms with van der Waals surface area (Å²) in [6, 6.07) is 7.48. The van der Waals surface area contributed by atoms with E-state index in [0.717, 1.165) is 23.7 Å². The highest BCUT2D eigenvalue weighted by Gasteiger charge is 2.39. The molecule has 2 aliphatic rings. The summed E-state index contributed by atoms with van der Waals surface area (Å²) in [5.41, 5.74) is 0.522. The Morgan fingerprint density at radius 2 is 1.93 bits per heavy atom. The lowest BCUT2D eigenvalue weighted by molar-refractivity contribution is -0.136. The number of furan rings is 1. The number of carbonyl (C=O) groups is 2. The number of thioether (sulfide) groups is 1. The molecule has 0 unspecified atom stereocenters. The first-order valence-electron chi connectivity index (χ1n) is 8.83. The fraction of sp³-hybridized carbons (Fsp3) is 0.368. The SMILES string of the molecule is O=C1C(SCc2ccco2)=C(c2cccs2)C(=O)N1CCN1CCOCC1. The van der Waals surface area contributed by atoms with Crippen LogP contribution in [0.1, 0.15) is 10.6 Å². The number of hydrogen-bond acceptors (Lipinski definition) is 7. The maximum absolute atomic E-state index is 13.0. The number of hydrogen-bond donors (Lipinski definition) is 0. The van der Waals surface area contributed by atoms with E-state index in [1.165, 1.54) is 28.0 Å². The third-order valence-corrected chi connectivity index (χ3v) is 6.56.